The van der Waals surface area contributed by atoms with Crippen LogP contribution in [0.5, 0.6) is 0 Å². The SMILES string of the molecule is C=CCn1c(C)cc(C(=O)CN(C)CC(=O)Nc2ccc(N3CCOCC3)cc2)c1C. The van der Waals surface area contributed by atoms with E-state index in [1.807, 2.05) is 50.3 Å². The van der Waals surface area contributed by atoms with Crippen LogP contribution in [0.4, 0.5) is 11.4 Å². The number of morpholine rings is 1. The molecule has 1 aliphatic heterocycles. The van der Waals surface area contributed by atoms with Crippen molar-refractivity contribution < 1.29 is 14.3 Å². The van der Waals surface area contributed by atoms with Crippen molar-refractivity contribution in [2.45, 2.75) is 20.4 Å². The molecule has 0 atom stereocenters. The van der Waals surface area contributed by atoms with Crippen molar-refractivity contribution in [2.24, 2.45) is 0 Å². The molecule has 1 aliphatic rings. The number of aryl methyl sites for hydroxylation is 1. The molecular formula is C24H32N4O3. The van der Waals surface area contributed by atoms with E-state index in [4.69, 9.17) is 4.74 Å². The van der Waals surface area contributed by atoms with Crippen LogP contribution >= 0.6 is 0 Å². The first kappa shape index (κ1) is 22.8. The molecule has 0 aliphatic carbocycles. The van der Waals surface area contributed by atoms with Crippen LogP contribution in [0.1, 0.15) is 21.7 Å². The third-order valence-corrected chi connectivity index (χ3v) is 5.54. The predicted molar refractivity (Wildman–Crippen MR) is 124 cm³/mol. The highest BCUT2D eigenvalue weighted by Gasteiger charge is 2.18. The van der Waals surface area contributed by atoms with Crippen molar-refractivity contribution in [3.63, 3.8) is 0 Å². The average Bonchev–Trinajstić information content (AvgIpc) is 3.03. The molecule has 0 spiro atoms. The lowest BCUT2D eigenvalue weighted by atomic mass is 10.1. The molecule has 3 rings (SSSR count). The average molecular weight is 425 g/mol. The van der Waals surface area contributed by atoms with E-state index >= 15 is 0 Å². The Morgan fingerprint density at radius 1 is 1.16 bits per heavy atom. The standard InChI is InChI=1S/C24H32N4O3/c1-5-10-28-18(2)15-22(19(28)3)23(29)16-26(4)17-24(30)25-20-6-8-21(9-7-20)27-11-13-31-14-12-27/h5-9,15H,1,10-14,16-17H2,2-4H3,(H,25,30). The molecule has 166 valence electrons. The monoisotopic (exact) mass is 424 g/mol. The molecular weight excluding hydrogens is 392 g/mol. The van der Waals surface area contributed by atoms with Crippen LogP contribution in [0, 0.1) is 13.8 Å². The van der Waals surface area contributed by atoms with E-state index in [2.05, 4.69) is 21.4 Å². The molecule has 7 heteroatoms. The van der Waals surface area contributed by atoms with Crippen molar-refractivity contribution in [3.8, 4) is 0 Å². The number of rotatable bonds is 9. The second kappa shape index (κ2) is 10.4. The van der Waals surface area contributed by atoms with Crippen molar-refractivity contribution in [1.29, 1.82) is 0 Å². The van der Waals surface area contributed by atoms with Crippen LogP contribution in [0.2, 0.25) is 0 Å². The first-order chi connectivity index (χ1) is 14.9. The van der Waals surface area contributed by atoms with Gasteiger partial charge >= 0.3 is 0 Å². The van der Waals surface area contributed by atoms with Gasteiger partial charge in [0.2, 0.25) is 5.91 Å². The number of ketones is 1. The van der Waals surface area contributed by atoms with Gasteiger partial charge in [0.25, 0.3) is 0 Å². The van der Waals surface area contributed by atoms with Crippen LogP contribution in [0.15, 0.2) is 43.0 Å². The van der Waals surface area contributed by atoms with Crippen LogP contribution in [0.25, 0.3) is 0 Å². The van der Waals surface area contributed by atoms with Gasteiger partial charge < -0.3 is 19.5 Å². The van der Waals surface area contributed by atoms with Gasteiger partial charge in [0.1, 0.15) is 0 Å². The number of Topliss-reactive ketones (excluding diaryl/α,β-unsaturated/α-hetero) is 1. The number of carbonyl (C=O) groups excluding carboxylic acids is 2. The first-order valence-electron chi connectivity index (χ1n) is 10.6. The Morgan fingerprint density at radius 2 is 1.84 bits per heavy atom. The second-order valence-corrected chi connectivity index (χ2v) is 7.97. The molecule has 7 nitrogen and oxygen atoms in total. The maximum absolute atomic E-state index is 12.7. The fourth-order valence-electron chi connectivity index (χ4n) is 3.90. The highest BCUT2D eigenvalue weighted by atomic mass is 16.5. The zero-order chi connectivity index (χ0) is 22.4. The van der Waals surface area contributed by atoms with E-state index in [9.17, 15) is 9.59 Å². The third-order valence-electron chi connectivity index (χ3n) is 5.54. The van der Waals surface area contributed by atoms with E-state index < -0.39 is 0 Å². The number of carbonyl (C=O) groups is 2. The summed E-state index contributed by atoms with van der Waals surface area (Å²) in [5, 5.41) is 2.91. The summed E-state index contributed by atoms with van der Waals surface area (Å²) in [6.07, 6.45) is 1.82. The number of amides is 1. The molecule has 0 bridgehead atoms. The molecule has 1 aromatic carbocycles. The van der Waals surface area contributed by atoms with Crippen LogP contribution < -0.4 is 10.2 Å². The predicted octanol–water partition coefficient (Wildman–Crippen LogP) is 2.88. The maximum atomic E-state index is 12.7. The number of ether oxygens (including phenoxy) is 1. The van der Waals surface area contributed by atoms with Gasteiger partial charge in [-0.1, -0.05) is 6.08 Å². The van der Waals surface area contributed by atoms with Gasteiger partial charge in [-0.25, -0.2) is 0 Å². The minimum Gasteiger partial charge on any atom is -0.378 e. The number of hydrogen-bond acceptors (Lipinski definition) is 5. The van der Waals surface area contributed by atoms with Crippen LogP contribution in [-0.2, 0) is 16.1 Å². The number of aromatic nitrogens is 1. The molecule has 0 radical (unpaired) electrons. The van der Waals surface area contributed by atoms with Gasteiger partial charge in [0.15, 0.2) is 5.78 Å². The summed E-state index contributed by atoms with van der Waals surface area (Å²) in [6, 6.07) is 9.73. The summed E-state index contributed by atoms with van der Waals surface area (Å²) >= 11 is 0. The summed E-state index contributed by atoms with van der Waals surface area (Å²) in [5.41, 5.74) is 4.53. The Labute approximate surface area is 184 Å². The summed E-state index contributed by atoms with van der Waals surface area (Å²) < 4.78 is 7.45. The largest absolute Gasteiger partial charge is 0.378 e. The molecule has 1 aromatic heterocycles. The molecule has 0 unspecified atom stereocenters. The van der Waals surface area contributed by atoms with Gasteiger partial charge in [-0.05, 0) is 51.2 Å². The first-order valence-corrected chi connectivity index (χ1v) is 10.6. The quantitative estimate of drug-likeness (QED) is 0.495. The van der Waals surface area contributed by atoms with Gasteiger partial charge in [-0.15, -0.1) is 6.58 Å². The summed E-state index contributed by atoms with van der Waals surface area (Å²) in [4.78, 5) is 29.2. The Bertz CT molecular complexity index is 927. The van der Waals surface area contributed by atoms with E-state index in [1.54, 1.807) is 11.9 Å². The highest BCUT2D eigenvalue weighted by molar-refractivity contribution is 5.99. The number of hydrogen-bond donors (Lipinski definition) is 1. The molecule has 31 heavy (non-hydrogen) atoms. The van der Waals surface area contributed by atoms with Gasteiger partial charge in [-0.3, -0.25) is 14.5 Å². The number of nitrogens with one attached hydrogen (secondary N) is 1. The van der Waals surface area contributed by atoms with E-state index in [0.717, 1.165) is 49.1 Å². The lowest BCUT2D eigenvalue weighted by molar-refractivity contribution is -0.116. The number of anilines is 2. The minimum atomic E-state index is -0.147. The zero-order valence-electron chi connectivity index (χ0n) is 18.7. The Morgan fingerprint density at radius 3 is 2.48 bits per heavy atom. The number of nitrogens with zero attached hydrogens (tertiary/aromatic N) is 3. The molecule has 2 aromatic rings. The summed E-state index contributed by atoms with van der Waals surface area (Å²) in [7, 11) is 1.78. The molecule has 1 amide bonds. The Balaban J connectivity index is 1.51. The third kappa shape index (κ3) is 5.83. The van der Waals surface area contributed by atoms with Crippen molar-refractivity contribution >= 4 is 23.1 Å². The smallest absolute Gasteiger partial charge is 0.238 e. The van der Waals surface area contributed by atoms with Gasteiger partial charge in [0.05, 0.1) is 26.3 Å². The maximum Gasteiger partial charge on any atom is 0.238 e. The summed E-state index contributed by atoms with van der Waals surface area (Å²) in [5.74, 6) is -0.139. The van der Waals surface area contributed by atoms with Gasteiger partial charge in [0, 0.05) is 48.0 Å². The van der Waals surface area contributed by atoms with E-state index in [-0.39, 0.29) is 24.8 Å². The normalized spacial score (nSPS) is 14.0. The van der Waals surface area contributed by atoms with Crippen LogP contribution in [0.3, 0.4) is 0 Å². The number of allylic oxidation sites excluding steroid dienone is 1. The molecule has 1 fully saturated rings. The summed E-state index contributed by atoms with van der Waals surface area (Å²) in [6.45, 7) is 11.9. The number of likely N-dealkylation sites (N-methyl/N-ethyl adjacent to an activating group) is 1. The zero-order valence-corrected chi connectivity index (χ0v) is 18.7. The fourth-order valence-corrected chi connectivity index (χ4v) is 3.90. The Kier molecular flexibility index (Phi) is 7.65. The van der Waals surface area contributed by atoms with Crippen molar-refractivity contribution in [1.82, 2.24) is 9.47 Å². The molecule has 2 heterocycles. The molecule has 1 N–H and O–H groups in total. The Hall–Kier alpha value is -2.90. The highest BCUT2D eigenvalue weighted by Crippen LogP contribution is 2.19. The topological polar surface area (TPSA) is 66.8 Å². The second-order valence-electron chi connectivity index (χ2n) is 7.97. The lowest BCUT2D eigenvalue weighted by Crippen LogP contribution is -2.36. The van der Waals surface area contributed by atoms with Gasteiger partial charge in [-0.2, -0.15) is 0 Å². The van der Waals surface area contributed by atoms with E-state index in [0.29, 0.717) is 12.1 Å². The molecule has 0 saturated carbocycles. The van der Waals surface area contributed by atoms with Crippen molar-refractivity contribution in [2.75, 3.05) is 56.7 Å². The molecule has 1 saturated heterocycles. The van der Waals surface area contributed by atoms with E-state index in [1.165, 1.54) is 0 Å². The minimum absolute atomic E-state index is 0.00794. The van der Waals surface area contributed by atoms with Crippen LogP contribution in [-0.4, -0.2) is 67.6 Å². The fraction of sp³-hybridized carbons (Fsp3) is 0.417. The van der Waals surface area contributed by atoms with Crippen molar-refractivity contribution in [3.05, 3.63) is 59.9 Å². The lowest BCUT2D eigenvalue weighted by Gasteiger charge is -2.28. The number of benzene rings is 1.